The predicted molar refractivity (Wildman–Crippen MR) is 73.1 cm³/mol. The molecule has 1 aliphatic rings. The molecule has 3 N–H and O–H groups in total. The number of nitrogens with one attached hydrogen (secondary N) is 1. The van der Waals surface area contributed by atoms with E-state index in [0.29, 0.717) is 24.7 Å². The lowest BCUT2D eigenvalue weighted by atomic mass is 10.0. The molecule has 2 heterocycles. The minimum Gasteiger partial charge on any atom is -0.381 e. The van der Waals surface area contributed by atoms with E-state index >= 15 is 0 Å². The minimum atomic E-state index is -0.104. The molecule has 1 aliphatic heterocycles. The quantitative estimate of drug-likeness (QED) is 0.873. The second kappa shape index (κ2) is 7.68. The van der Waals surface area contributed by atoms with Gasteiger partial charge in [0.25, 0.3) is 5.91 Å². The van der Waals surface area contributed by atoms with Gasteiger partial charge in [-0.05, 0) is 18.8 Å². The van der Waals surface area contributed by atoms with Crippen LogP contribution in [0.2, 0.25) is 0 Å². The van der Waals surface area contributed by atoms with Crippen molar-refractivity contribution in [3.8, 4) is 0 Å². The van der Waals surface area contributed by atoms with Crippen LogP contribution in [0.4, 0.5) is 0 Å². The van der Waals surface area contributed by atoms with Crippen LogP contribution in [0.5, 0.6) is 0 Å². The summed E-state index contributed by atoms with van der Waals surface area (Å²) in [7, 11) is 0. The molecule has 0 radical (unpaired) electrons. The van der Waals surface area contributed by atoms with Gasteiger partial charge < -0.3 is 15.8 Å². The van der Waals surface area contributed by atoms with Crippen molar-refractivity contribution in [3.63, 3.8) is 0 Å². The number of halogens is 1. The fourth-order valence-corrected chi connectivity index (χ4v) is 2.44. The first-order chi connectivity index (χ1) is 8.29. The van der Waals surface area contributed by atoms with Gasteiger partial charge in [-0.15, -0.1) is 23.7 Å². The number of nitrogens with two attached hydrogens (primary N) is 1. The highest BCUT2D eigenvalue weighted by Gasteiger charge is 2.16. The van der Waals surface area contributed by atoms with Gasteiger partial charge in [0.05, 0.1) is 0 Å². The largest absolute Gasteiger partial charge is 0.381 e. The molecule has 0 bridgehead atoms. The second-order valence-corrected chi connectivity index (χ2v) is 5.04. The van der Waals surface area contributed by atoms with Crippen LogP contribution in [-0.2, 0) is 11.3 Å². The lowest BCUT2D eigenvalue weighted by Gasteiger charge is -2.21. The number of amides is 1. The van der Waals surface area contributed by atoms with Crippen molar-refractivity contribution in [2.75, 3.05) is 19.8 Å². The molecule has 102 valence electrons. The van der Waals surface area contributed by atoms with E-state index in [1.54, 1.807) is 5.38 Å². The van der Waals surface area contributed by atoms with Gasteiger partial charge in [-0.3, -0.25) is 4.79 Å². The molecule has 1 aromatic rings. The molecule has 0 aromatic carbocycles. The predicted octanol–water partition coefficient (Wildman–Crippen LogP) is 1.18. The normalized spacial score (nSPS) is 16.1. The van der Waals surface area contributed by atoms with Gasteiger partial charge in [0.2, 0.25) is 0 Å². The van der Waals surface area contributed by atoms with E-state index in [1.165, 1.54) is 11.3 Å². The number of hydrogen-bond acceptors (Lipinski definition) is 5. The molecule has 7 heteroatoms. The van der Waals surface area contributed by atoms with Crippen LogP contribution in [0, 0.1) is 5.92 Å². The molecule has 1 aromatic heterocycles. The Morgan fingerprint density at radius 2 is 2.28 bits per heavy atom. The smallest absolute Gasteiger partial charge is 0.270 e. The number of nitrogens with zero attached hydrogens (tertiary/aromatic N) is 1. The Morgan fingerprint density at radius 1 is 1.56 bits per heavy atom. The Hall–Kier alpha value is -0.690. The van der Waals surface area contributed by atoms with Gasteiger partial charge in [-0.1, -0.05) is 0 Å². The monoisotopic (exact) mass is 291 g/mol. The summed E-state index contributed by atoms with van der Waals surface area (Å²) in [6.07, 6.45) is 2.04. The van der Waals surface area contributed by atoms with E-state index in [9.17, 15) is 4.79 Å². The fourth-order valence-electron chi connectivity index (χ4n) is 1.79. The highest BCUT2D eigenvalue weighted by atomic mass is 35.5. The van der Waals surface area contributed by atoms with E-state index in [4.69, 9.17) is 10.5 Å². The summed E-state index contributed by atoms with van der Waals surface area (Å²) in [6, 6.07) is 0. The van der Waals surface area contributed by atoms with E-state index in [2.05, 4.69) is 10.3 Å². The van der Waals surface area contributed by atoms with Gasteiger partial charge in [-0.25, -0.2) is 4.98 Å². The Balaban J connectivity index is 0.00000162. The number of aromatic nitrogens is 1. The van der Waals surface area contributed by atoms with Gasteiger partial charge in [-0.2, -0.15) is 0 Å². The SMILES string of the molecule is Cl.NCc1nc(C(=O)NCC2CCOCC2)cs1. The maximum Gasteiger partial charge on any atom is 0.270 e. The summed E-state index contributed by atoms with van der Waals surface area (Å²) >= 11 is 1.42. The van der Waals surface area contributed by atoms with Crippen molar-refractivity contribution in [1.29, 1.82) is 0 Å². The Morgan fingerprint density at radius 3 is 2.89 bits per heavy atom. The molecule has 1 amide bonds. The fraction of sp³-hybridized carbons (Fsp3) is 0.636. The zero-order chi connectivity index (χ0) is 12.1. The summed E-state index contributed by atoms with van der Waals surface area (Å²) in [4.78, 5) is 15.9. The average Bonchev–Trinajstić information content (AvgIpc) is 2.86. The molecular weight excluding hydrogens is 274 g/mol. The van der Waals surface area contributed by atoms with Crippen molar-refractivity contribution in [2.24, 2.45) is 11.7 Å². The molecule has 1 fully saturated rings. The third-order valence-electron chi connectivity index (χ3n) is 2.85. The number of thiazole rings is 1. The van der Waals surface area contributed by atoms with Crippen molar-refractivity contribution in [2.45, 2.75) is 19.4 Å². The van der Waals surface area contributed by atoms with E-state index in [0.717, 1.165) is 31.1 Å². The molecule has 1 saturated heterocycles. The molecular formula is C11H18ClN3O2S. The van der Waals surface area contributed by atoms with E-state index < -0.39 is 0 Å². The topological polar surface area (TPSA) is 77.2 Å². The Bertz CT molecular complexity index is 380. The van der Waals surface area contributed by atoms with Crippen LogP contribution in [0.1, 0.15) is 28.3 Å². The van der Waals surface area contributed by atoms with E-state index in [1.807, 2.05) is 0 Å². The number of rotatable bonds is 4. The molecule has 5 nitrogen and oxygen atoms in total. The maximum absolute atomic E-state index is 11.8. The number of carbonyl (C=O) groups excluding carboxylic acids is 1. The van der Waals surface area contributed by atoms with Crippen LogP contribution in [-0.4, -0.2) is 30.6 Å². The maximum atomic E-state index is 11.8. The highest BCUT2D eigenvalue weighted by molar-refractivity contribution is 7.09. The summed E-state index contributed by atoms with van der Waals surface area (Å²) < 4.78 is 5.27. The average molecular weight is 292 g/mol. The van der Waals surface area contributed by atoms with Crippen LogP contribution >= 0.6 is 23.7 Å². The lowest BCUT2D eigenvalue weighted by Crippen LogP contribution is -2.32. The summed E-state index contributed by atoms with van der Waals surface area (Å²) in [5, 5.41) is 5.46. The Kier molecular flexibility index (Phi) is 6.56. The van der Waals surface area contributed by atoms with Gasteiger partial charge in [0.15, 0.2) is 0 Å². The molecule has 0 saturated carbocycles. The van der Waals surface area contributed by atoms with Crippen LogP contribution in [0.3, 0.4) is 0 Å². The summed E-state index contributed by atoms with van der Waals surface area (Å²) in [6.45, 7) is 2.69. The Labute approximate surface area is 117 Å². The van der Waals surface area contributed by atoms with Crippen molar-refractivity contribution >= 4 is 29.7 Å². The standard InChI is InChI=1S/C11H17N3O2S.ClH/c12-5-10-14-9(7-17-10)11(15)13-6-8-1-3-16-4-2-8;/h7-8H,1-6,12H2,(H,13,15);1H. The number of ether oxygens (including phenoxy) is 1. The first kappa shape index (κ1) is 15.4. The summed E-state index contributed by atoms with van der Waals surface area (Å²) in [5.41, 5.74) is 5.93. The van der Waals surface area contributed by atoms with Gasteiger partial charge in [0, 0.05) is 31.7 Å². The third-order valence-corrected chi connectivity index (χ3v) is 3.72. The number of carbonyl (C=O) groups is 1. The van der Waals surface area contributed by atoms with Crippen LogP contribution in [0.15, 0.2) is 5.38 Å². The number of hydrogen-bond donors (Lipinski definition) is 2. The minimum absolute atomic E-state index is 0. The highest BCUT2D eigenvalue weighted by Crippen LogP contribution is 2.14. The van der Waals surface area contributed by atoms with Crippen molar-refractivity contribution < 1.29 is 9.53 Å². The molecule has 18 heavy (non-hydrogen) atoms. The van der Waals surface area contributed by atoms with Crippen LogP contribution in [0.25, 0.3) is 0 Å². The van der Waals surface area contributed by atoms with Crippen molar-refractivity contribution in [1.82, 2.24) is 10.3 Å². The van der Waals surface area contributed by atoms with E-state index in [-0.39, 0.29) is 18.3 Å². The van der Waals surface area contributed by atoms with Gasteiger partial charge >= 0.3 is 0 Å². The molecule has 2 rings (SSSR count). The zero-order valence-electron chi connectivity index (χ0n) is 10.1. The lowest BCUT2D eigenvalue weighted by molar-refractivity contribution is 0.0642. The summed E-state index contributed by atoms with van der Waals surface area (Å²) in [5.74, 6) is 0.424. The molecule has 0 aliphatic carbocycles. The third kappa shape index (κ3) is 4.20. The van der Waals surface area contributed by atoms with Crippen molar-refractivity contribution in [3.05, 3.63) is 16.1 Å². The first-order valence-electron chi connectivity index (χ1n) is 5.80. The molecule has 0 unspecified atom stereocenters. The first-order valence-corrected chi connectivity index (χ1v) is 6.68. The van der Waals surface area contributed by atoms with Crippen LogP contribution < -0.4 is 11.1 Å². The zero-order valence-corrected chi connectivity index (χ0v) is 11.7. The molecule has 0 spiro atoms. The van der Waals surface area contributed by atoms with Gasteiger partial charge in [0.1, 0.15) is 10.7 Å². The molecule has 0 atom stereocenters. The second-order valence-electron chi connectivity index (χ2n) is 4.10.